The fraction of sp³-hybridized carbons (Fsp3) is 1.00. The first-order valence-electron chi connectivity index (χ1n) is 6.37. The molecule has 4 nitrogen and oxygen atoms in total. The molecule has 1 aliphatic heterocycles. The van der Waals surface area contributed by atoms with Crippen LogP contribution in [0.5, 0.6) is 0 Å². The van der Waals surface area contributed by atoms with Crippen molar-refractivity contribution in [3.63, 3.8) is 0 Å². The second-order valence-corrected chi connectivity index (χ2v) is 4.87. The second kappa shape index (κ2) is 7.22. The Bertz CT molecular complexity index is 187. The molecule has 0 radical (unpaired) electrons. The SMILES string of the molecule is CCOC(CN)CN1CCCC1CN(C)C. The molecule has 2 N–H and O–H groups in total. The van der Waals surface area contributed by atoms with E-state index in [1.807, 2.05) is 6.92 Å². The standard InChI is InChI=1S/C12H27N3O/c1-4-16-12(8-13)10-15-7-5-6-11(15)9-14(2)3/h11-12H,4-10,13H2,1-3H3. The normalized spacial score (nSPS) is 24.2. The Kier molecular flexibility index (Phi) is 6.28. The van der Waals surface area contributed by atoms with Crippen molar-refractivity contribution in [1.82, 2.24) is 9.80 Å². The number of hydrogen-bond donors (Lipinski definition) is 1. The average molecular weight is 229 g/mol. The summed E-state index contributed by atoms with van der Waals surface area (Å²) < 4.78 is 5.63. The third kappa shape index (κ3) is 4.37. The monoisotopic (exact) mass is 229 g/mol. The predicted molar refractivity (Wildman–Crippen MR) is 67.6 cm³/mol. The van der Waals surface area contributed by atoms with Crippen molar-refractivity contribution in [3.05, 3.63) is 0 Å². The minimum Gasteiger partial charge on any atom is -0.376 e. The topological polar surface area (TPSA) is 41.7 Å². The van der Waals surface area contributed by atoms with Crippen LogP contribution in [-0.4, -0.2) is 68.8 Å². The summed E-state index contributed by atoms with van der Waals surface area (Å²) in [7, 11) is 4.28. The lowest BCUT2D eigenvalue weighted by Gasteiger charge is -2.29. The summed E-state index contributed by atoms with van der Waals surface area (Å²) in [5, 5.41) is 0. The number of nitrogens with two attached hydrogens (primary N) is 1. The van der Waals surface area contributed by atoms with E-state index < -0.39 is 0 Å². The Balaban J connectivity index is 2.38. The zero-order chi connectivity index (χ0) is 12.0. The van der Waals surface area contributed by atoms with Crippen molar-refractivity contribution < 1.29 is 4.74 Å². The number of ether oxygens (including phenoxy) is 1. The van der Waals surface area contributed by atoms with E-state index in [0.29, 0.717) is 12.6 Å². The zero-order valence-corrected chi connectivity index (χ0v) is 11.0. The molecule has 1 rings (SSSR count). The van der Waals surface area contributed by atoms with Gasteiger partial charge in [0.2, 0.25) is 0 Å². The van der Waals surface area contributed by atoms with Gasteiger partial charge in [-0.25, -0.2) is 0 Å². The van der Waals surface area contributed by atoms with Gasteiger partial charge in [0.15, 0.2) is 0 Å². The summed E-state index contributed by atoms with van der Waals surface area (Å²) in [5.41, 5.74) is 5.72. The number of likely N-dealkylation sites (tertiary alicyclic amines) is 1. The molecule has 0 bridgehead atoms. The summed E-state index contributed by atoms with van der Waals surface area (Å²) >= 11 is 0. The Morgan fingerprint density at radius 3 is 2.81 bits per heavy atom. The van der Waals surface area contributed by atoms with Crippen LogP contribution in [0.25, 0.3) is 0 Å². The first-order chi connectivity index (χ1) is 7.67. The number of nitrogens with zero attached hydrogens (tertiary/aromatic N) is 2. The molecule has 2 atom stereocenters. The van der Waals surface area contributed by atoms with E-state index in [2.05, 4.69) is 23.9 Å². The molecule has 96 valence electrons. The Morgan fingerprint density at radius 2 is 2.25 bits per heavy atom. The molecule has 0 aromatic rings. The highest BCUT2D eigenvalue weighted by Gasteiger charge is 2.26. The van der Waals surface area contributed by atoms with Crippen LogP contribution in [0.4, 0.5) is 0 Å². The van der Waals surface area contributed by atoms with E-state index >= 15 is 0 Å². The van der Waals surface area contributed by atoms with Gasteiger partial charge in [-0.1, -0.05) is 0 Å². The molecule has 16 heavy (non-hydrogen) atoms. The lowest BCUT2D eigenvalue weighted by Crippen LogP contribution is -2.44. The van der Waals surface area contributed by atoms with Crippen molar-refractivity contribution in [2.45, 2.75) is 31.9 Å². The van der Waals surface area contributed by atoms with Gasteiger partial charge in [0.25, 0.3) is 0 Å². The minimum absolute atomic E-state index is 0.202. The van der Waals surface area contributed by atoms with E-state index in [1.54, 1.807) is 0 Å². The quantitative estimate of drug-likeness (QED) is 0.685. The van der Waals surface area contributed by atoms with Gasteiger partial charge in [-0.3, -0.25) is 4.90 Å². The van der Waals surface area contributed by atoms with E-state index in [4.69, 9.17) is 10.5 Å². The Hall–Kier alpha value is -0.160. The largest absolute Gasteiger partial charge is 0.376 e. The van der Waals surface area contributed by atoms with Crippen molar-refractivity contribution in [3.8, 4) is 0 Å². The van der Waals surface area contributed by atoms with Gasteiger partial charge in [-0.15, -0.1) is 0 Å². The van der Waals surface area contributed by atoms with Crippen LogP contribution in [-0.2, 0) is 4.74 Å². The zero-order valence-electron chi connectivity index (χ0n) is 11.0. The Morgan fingerprint density at radius 1 is 1.50 bits per heavy atom. The van der Waals surface area contributed by atoms with Crippen molar-refractivity contribution in [2.24, 2.45) is 5.73 Å². The maximum atomic E-state index is 5.72. The maximum absolute atomic E-state index is 5.72. The van der Waals surface area contributed by atoms with Crippen LogP contribution in [0, 0.1) is 0 Å². The van der Waals surface area contributed by atoms with Crippen LogP contribution >= 0.6 is 0 Å². The molecule has 2 unspecified atom stereocenters. The smallest absolute Gasteiger partial charge is 0.0823 e. The number of hydrogen-bond acceptors (Lipinski definition) is 4. The van der Waals surface area contributed by atoms with Crippen LogP contribution < -0.4 is 5.73 Å². The molecule has 1 saturated heterocycles. The molecule has 1 heterocycles. The van der Waals surface area contributed by atoms with Gasteiger partial charge in [-0.2, -0.15) is 0 Å². The summed E-state index contributed by atoms with van der Waals surface area (Å²) in [6, 6.07) is 0.685. The van der Waals surface area contributed by atoms with Crippen molar-refractivity contribution >= 4 is 0 Å². The lowest BCUT2D eigenvalue weighted by molar-refractivity contribution is 0.0335. The van der Waals surface area contributed by atoms with E-state index in [9.17, 15) is 0 Å². The summed E-state index contributed by atoms with van der Waals surface area (Å²) in [4.78, 5) is 4.80. The van der Waals surface area contributed by atoms with Gasteiger partial charge in [0.1, 0.15) is 0 Å². The van der Waals surface area contributed by atoms with E-state index in [1.165, 1.54) is 19.4 Å². The summed E-state index contributed by atoms with van der Waals surface area (Å²) in [5.74, 6) is 0. The molecule has 0 saturated carbocycles. The molecule has 0 aromatic heterocycles. The molecule has 4 heteroatoms. The van der Waals surface area contributed by atoms with Crippen LogP contribution in [0.2, 0.25) is 0 Å². The summed E-state index contributed by atoms with van der Waals surface area (Å²) in [6.45, 7) is 6.74. The lowest BCUT2D eigenvalue weighted by atomic mass is 10.2. The van der Waals surface area contributed by atoms with E-state index in [-0.39, 0.29) is 6.10 Å². The molecule has 0 aliphatic carbocycles. The highest BCUT2D eigenvalue weighted by molar-refractivity contribution is 4.83. The van der Waals surface area contributed by atoms with Gasteiger partial charge >= 0.3 is 0 Å². The number of rotatable bonds is 7. The van der Waals surface area contributed by atoms with Gasteiger partial charge < -0.3 is 15.4 Å². The highest BCUT2D eigenvalue weighted by atomic mass is 16.5. The van der Waals surface area contributed by atoms with Crippen molar-refractivity contribution in [1.29, 1.82) is 0 Å². The molecule has 0 amide bonds. The maximum Gasteiger partial charge on any atom is 0.0823 e. The van der Waals surface area contributed by atoms with Crippen LogP contribution in [0.3, 0.4) is 0 Å². The summed E-state index contributed by atoms with van der Waals surface area (Å²) in [6.07, 6.45) is 2.82. The van der Waals surface area contributed by atoms with E-state index in [0.717, 1.165) is 19.7 Å². The fourth-order valence-corrected chi connectivity index (χ4v) is 2.46. The molecule has 1 fully saturated rings. The average Bonchev–Trinajstić information content (AvgIpc) is 2.64. The molecule has 0 aromatic carbocycles. The first-order valence-corrected chi connectivity index (χ1v) is 6.37. The van der Waals surface area contributed by atoms with Gasteiger partial charge in [-0.05, 0) is 40.4 Å². The molecular formula is C12H27N3O. The molecule has 1 aliphatic rings. The number of likely N-dealkylation sites (N-methyl/N-ethyl adjacent to an activating group) is 1. The fourth-order valence-electron chi connectivity index (χ4n) is 2.46. The minimum atomic E-state index is 0.202. The van der Waals surface area contributed by atoms with Crippen LogP contribution in [0.1, 0.15) is 19.8 Å². The highest BCUT2D eigenvalue weighted by Crippen LogP contribution is 2.18. The van der Waals surface area contributed by atoms with Crippen LogP contribution in [0.15, 0.2) is 0 Å². The Labute approximate surface area is 99.7 Å². The van der Waals surface area contributed by atoms with Gasteiger partial charge in [0.05, 0.1) is 6.10 Å². The molecular weight excluding hydrogens is 202 g/mol. The first kappa shape index (κ1) is 13.9. The third-order valence-electron chi connectivity index (χ3n) is 3.18. The molecule has 0 spiro atoms. The van der Waals surface area contributed by atoms with Crippen molar-refractivity contribution in [2.75, 3.05) is 46.9 Å². The second-order valence-electron chi connectivity index (χ2n) is 4.87. The predicted octanol–water partition coefficient (Wildman–Crippen LogP) is 0.376. The third-order valence-corrected chi connectivity index (χ3v) is 3.18. The van der Waals surface area contributed by atoms with Gasteiger partial charge in [0, 0.05) is 32.3 Å².